The number of hydrogen-bond acceptors (Lipinski definition) is 2. The molecule has 7 heteroatoms. The van der Waals surface area contributed by atoms with Gasteiger partial charge in [0.15, 0.2) is 0 Å². The first kappa shape index (κ1) is 13.7. The summed E-state index contributed by atoms with van der Waals surface area (Å²) >= 11 is 0. The highest BCUT2D eigenvalue weighted by molar-refractivity contribution is 5.87. The molecule has 2 atom stereocenters. The third kappa shape index (κ3) is 4.18. The first-order valence-electron chi connectivity index (χ1n) is 4.30. The van der Waals surface area contributed by atoms with E-state index in [1.807, 2.05) is 0 Å². The summed E-state index contributed by atoms with van der Waals surface area (Å²) in [4.78, 5) is 21.1. The number of carboxylic acid groups (broad SMARTS) is 1. The van der Waals surface area contributed by atoms with Gasteiger partial charge in [-0.3, -0.25) is 4.79 Å². The second kappa shape index (κ2) is 4.99. The van der Waals surface area contributed by atoms with Gasteiger partial charge in [-0.15, -0.1) is 0 Å². The van der Waals surface area contributed by atoms with Crippen molar-refractivity contribution in [3.63, 3.8) is 0 Å². The number of halogens is 3. The smallest absolute Gasteiger partial charge is 0.471 e. The second-order valence-electron chi connectivity index (χ2n) is 3.17. The molecule has 0 unspecified atom stereocenters. The van der Waals surface area contributed by atoms with Crippen LogP contribution < -0.4 is 5.32 Å². The Morgan fingerprint density at radius 3 is 2.13 bits per heavy atom. The number of carboxylic acids is 1. The molecule has 88 valence electrons. The molecule has 1 amide bonds. The number of amides is 1. The van der Waals surface area contributed by atoms with Crippen molar-refractivity contribution in [2.24, 2.45) is 5.92 Å². The molecule has 0 bridgehead atoms. The van der Waals surface area contributed by atoms with Crippen LogP contribution in [0.25, 0.3) is 0 Å². The minimum absolute atomic E-state index is 0.356. The molecule has 4 nitrogen and oxygen atoms in total. The number of hydrogen-bond donors (Lipinski definition) is 2. The Morgan fingerprint density at radius 2 is 1.87 bits per heavy atom. The Balaban J connectivity index is 4.57. The van der Waals surface area contributed by atoms with Gasteiger partial charge >= 0.3 is 18.1 Å². The predicted octanol–water partition coefficient (Wildman–Crippen LogP) is 1.16. The van der Waals surface area contributed by atoms with Crippen LogP contribution in [0.15, 0.2) is 0 Å². The highest BCUT2D eigenvalue weighted by Crippen LogP contribution is 2.16. The summed E-state index contributed by atoms with van der Waals surface area (Å²) in [5.41, 5.74) is 0. The molecule has 0 aromatic rings. The normalized spacial score (nSPS) is 15.5. The van der Waals surface area contributed by atoms with E-state index in [0.717, 1.165) is 0 Å². The number of aliphatic carboxylic acids is 1. The van der Waals surface area contributed by atoms with E-state index in [4.69, 9.17) is 5.11 Å². The molecule has 2 N–H and O–H groups in total. The van der Waals surface area contributed by atoms with Crippen LogP contribution in [-0.4, -0.2) is 29.2 Å². The van der Waals surface area contributed by atoms with Gasteiger partial charge in [0.2, 0.25) is 0 Å². The number of nitrogens with one attached hydrogen (secondary N) is 1. The summed E-state index contributed by atoms with van der Waals surface area (Å²) in [6, 6.07) is -1.51. The Hall–Kier alpha value is -1.27. The molecule has 0 aliphatic rings. The van der Waals surface area contributed by atoms with E-state index in [-0.39, 0.29) is 0 Å². The van der Waals surface area contributed by atoms with Crippen molar-refractivity contribution in [3.8, 4) is 0 Å². The lowest BCUT2D eigenvalue weighted by Crippen LogP contribution is -2.49. The number of rotatable bonds is 4. The Labute approximate surface area is 84.5 Å². The molecule has 0 radical (unpaired) electrons. The highest BCUT2D eigenvalue weighted by atomic mass is 19.4. The fourth-order valence-corrected chi connectivity index (χ4v) is 0.906. The SMILES string of the molecule is CC[C@H](C)[C@@H](NC(=O)C(F)(F)F)C(=O)O. The fourth-order valence-electron chi connectivity index (χ4n) is 0.906. The van der Waals surface area contributed by atoms with Gasteiger partial charge in [0.1, 0.15) is 6.04 Å². The summed E-state index contributed by atoms with van der Waals surface area (Å²) < 4.78 is 35.5. The first-order valence-corrected chi connectivity index (χ1v) is 4.30. The van der Waals surface area contributed by atoms with Crippen molar-refractivity contribution < 1.29 is 27.9 Å². The van der Waals surface area contributed by atoms with Crippen LogP contribution in [-0.2, 0) is 9.59 Å². The lowest BCUT2D eigenvalue weighted by atomic mass is 9.99. The molecule has 0 spiro atoms. The molecule has 0 fully saturated rings. The zero-order valence-corrected chi connectivity index (χ0v) is 8.26. The standard InChI is InChI=1S/C8H12F3NO3/c1-3-4(2)5(6(13)14)12-7(15)8(9,10)11/h4-5H,3H2,1-2H3,(H,12,15)(H,13,14)/t4-,5+/m0/s1. The minimum atomic E-state index is -5.05. The highest BCUT2D eigenvalue weighted by Gasteiger charge is 2.41. The Morgan fingerprint density at radius 1 is 1.40 bits per heavy atom. The molecule has 0 aromatic carbocycles. The number of carbonyl (C=O) groups excluding carboxylic acids is 1. The molecule has 0 aliphatic carbocycles. The van der Waals surface area contributed by atoms with Gasteiger partial charge in [0.25, 0.3) is 0 Å². The zero-order chi connectivity index (χ0) is 12.2. The average molecular weight is 227 g/mol. The van der Waals surface area contributed by atoms with Crippen molar-refractivity contribution in [1.29, 1.82) is 0 Å². The Kier molecular flexibility index (Phi) is 4.57. The molecule has 0 saturated carbocycles. The second-order valence-corrected chi connectivity index (χ2v) is 3.17. The van der Waals surface area contributed by atoms with Crippen molar-refractivity contribution in [1.82, 2.24) is 5.32 Å². The van der Waals surface area contributed by atoms with Crippen LogP contribution in [0.3, 0.4) is 0 Å². The maximum absolute atomic E-state index is 11.8. The van der Waals surface area contributed by atoms with E-state index in [1.165, 1.54) is 12.2 Å². The largest absolute Gasteiger partial charge is 0.480 e. The number of alkyl halides is 3. The van der Waals surface area contributed by atoms with Crippen molar-refractivity contribution in [2.75, 3.05) is 0 Å². The monoisotopic (exact) mass is 227 g/mol. The quantitative estimate of drug-likeness (QED) is 0.757. The van der Waals surface area contributed by atoms with Crippen LogP contribution in [0.2, 0.25) is 0 Å². The molecular weight excluding hydrogens is 215 g/mol. The van der Waals surface area contributed by atoms with E-state index in [9.17, 15) is 22.8 Å². The summed E-state index contributed by atoms with van der Waals surface area (Å²) in [6.07, 6.45) is -4.70. The fraction of sp³-hybridized carbons (Fsp3) is 0.750. The lowest BCUT2D eigenvalue weighted by Gasteiger charge is -2.20. The zero-order valence-electron chi connectivity index (χ0n) is 8.26. The van der Waals surface area contributed by atoms with Crippen molar-refractivity contribution in [3.05, 3.63) is 0 Å². The van der Waals surface area contributed by atoms with E-state index in [0.29, 0.717) is 6.42 Å². The van der Waals surface area contributed by atoms with Crippen molar-refractivity contribution in [2.45, 2.75) is 32.5 Å². The maximum Gasteiger partial charge on any atom is 0.471 e. The van der Waals surface area contributed by atoms with Crippen LogP contribution in [0, 0.1) is 5.92 Å². The molecule has 0 aliphatic heterocycles. The van der Waals surface area contributed by atoms with Gasteiger partial charge in [-0.2, -0.15) is 13.2 Å². The lowest BCUT2D eigenvalue weighted by molar-refractivity contribution is -0.176. The molecule has 0 heterocycles. The molecule has 0 rings (SSSR count). The third-order valence-electron chi connectivity index (χ3n) is 2.02. The van der Waals surface area contributed by atoms with Crippen LogP contribution >= 0.6 is 0 Å². The number of carbonyl (C=O) groups is 2. The summed E-state index contributed by atoms with van der Waals surface area (Å²) in [5.74, 6) is -4.26. The van der Waals surface area contributed by atoms with E-state index in [2.05, 4.69) is 0 Å². The van der Waals surface area contributed by atoms with Gasteiger partial charge < -0.3 is 10.4 Å². The van der Waals surface area contributed by atoms with Crippen LogP contribution in [0.1, 0.15) is 20.3 Å². The maximum atomic E-state index is 11.8. The van der Waals surface area contributed by atoms with E-state index in [1.54, 1.807) is 6.92 Å². The van der Waals surface area contributed by atoms with Gasteiger partial charge in [-0.1, -0.05) is 20.3 Å². The van der Waals surface area contributed by atoms with Crippen molar-refractivity contribution >= 4 is 11.9 Å². The summed E-state index contributed by atoms with van der Waals surface area (Å²) in [5, 5.41) is 10.1. The summed E-state index contributed by atoms with van der Waals surface area (Å²) in [6.45, 7) is 3.08. The third-order valence-corrected chi connectivity index (χ3v) is 2.02. The average Bonchev–Trinajstić information content (AvgIpc) is 2.10. The molecule has 0 aromatic heterocycles. The predicted molar refractivity (Wildman–Crippen MR) is 45.1 cm³/mol. The van der Waals surface area contributed by atoms with E-state index < -0.39 is 30.0 Å². The van der Waals surface area contributed by atoms with E-state index >= 15 is 0 Å². The topological polar surface area (TPSA) is 66.4 Å². The minimum Gasteiger partial charge on any atom is -0.480 e. The molecular formula is C8H12F3NO3. The summed E-state index contributed by atoms with van der Waals surface area (Å²) in [7, 11) is 0. The Bertz CT molecular complexity index is 252. The molecule has 0 saturated heterocycles. The van der Waals surface area contributed by atoms with Gasteiger partial charge in [-0.05, 0) is 5.92 Å². The van der Waals surface area contributed by atoms with Gasteiger partial charge in [0.05, 0.1) is 0 Å². The molecule has 15 heavy (non-hydrogen) atoms. The van der Waals surface area contributed by atoms with Crippen LogP contribution in [0.5, 0.6) is 0 Å². The van der Waals surface area contributed by atoms with Gasteiger partial charge in [-0.25, -0.2) is 4.79 Å². The van der Waals surface area contributed by atoms with Gasteiger partial charge in [0, 0.05) is 0 Å². The van der Waals surface area contributed by atoms with Crippen LogP contribution in [0.4, 0.5) is 13.2 Å². The first-order chi connectivity index (χ1) is 6.70.